The number of ether oxygens (including phenoxy) is 2. The summed E-state index contributed by atoms with van der Waals surface area (Å²) in [7, 11) is -1.80. The number of amides is 2. The number of methoxy groups -OCH3 is 1. The van der Waals surface area contributed by atoms with Gasteiger partial charge in [-0.15, -0.1) is 5.10 Å². The Labute approximate surface area is 280 Å². The third-order valence-electron chi connectivity index (χ3n) is 9.46. The summed E-state index contributed by atoms with van der Waals surface area (Å²) in [5, 5.41) is 20.4. The first-order valence-electron chi connectivity index (χ1n) is 16.1. The number of halogens is 1. The number of fused-ring (bicyclic) bond motifs is 2. The number of aryl methyl sites for hydroxylation is 1. The van der Waals surface area contributed by atoms with Crippen molar-refractivity contribution in [1.29, 1.82) is 0 Å². The third-order valence-corrected chi connectivity index (χ3v) is 11.9. The lowest BCUT2D eigenvalue weighted by Gasteiger charge is -2.31. The molecule has 0 bridgehead atoms. The summed E-state index contributed by atoms with van der Waals surface area (Å²) in [6.07, 6.45) is 2.05. The number of benzene rings is 3. The Balaban J connectivity index is 1.30. The van der Waals surface area contributed by atoms with Crippen molar-refractivity contribution in [2.45, 2.75) is 63.2 Å². The summed E-state index contributed by atoms with van der Waals surface area (Å²) >= 11 is 0. The second kappa shape index (κ2) is 13.1. The first-order chi connectivity index (χ1) is 22.9. The van der Waals surface area contributed by atoms with E-state index in [0.29, 0.717) is 59.0 Å². The first-order valence-corrected chi connectivity index (χ1v) is 19.0. The fraction of sp³-hybridized carbons (Fsp3) is 0.371. The number of rotatable bonds is 11. The summed E-state index contributed by atoms with van der Waals surface area (Å²) in [5.41, 5.74) is 8.28. The van der Waals surface area contributed by atoms with Gasteiger partial charge in [0.25, 0.3) is 11.8 Å². The van der Waals surface area contributed by atoms with Gasteiger partial charge in [-0.25, -0.2) is 0 Å². The van der Waals surface area contributed by atoms with E-state index in [4.69, 9.17) is 15.2 Å². The van der Waals surface area contributed by atoms with Crippen LogP contribution in [0.5, 0.6) is 5.75 Å². The molecule has 1 fully saturated rings. The topological polar surface area (TPSA) is 145 Å². The first kappa shape index (κ1) is 33.3. The van der Waals surface area contributed by atoms with Crippen LogP contribution in [0.2, 0.25) is 18.6 Å². The van der Waals surface area contributed by atoms with E-state index in [0.717, 1.165) is 5.56 Å². The van der Waals surface area contributed by atoms with Gasteiger partial charge in [-0.05, 0) is 79.7 Å². The number of aromatic nitrogens is 3. The number of nitrogen functional groups attached to an aromatic ring is 1. The zero-order chi connectivity index (χ0) is 34.2. The molecule has 1 spiro atoms. The van der Waals surface area contributed by atoms with Gasteiger partial charge in [0.15, 0.2) is 5.60 Å². The number of nitrogens with one attached hydrogen (secondary N) is 1. The van der Waals surface area contributed by atoms with Gasteiger partial charge in [0, 0.05) is 59.7 Å². The van der Waals surface area contributed by atoms with Crippen molar-refractivity contribution in [2.75, 3.05) is 29.7 Å². The van der Waals surface area contributed by atoms with Crippen LogP contribution in [0.15, 0.2) is 72.9 Å². The van der Waals surface area contributed by atoms with Crippen LogP contribution in [0.1, 0.15) is 40.5 Å². The highest BCUT2D eigenvalue weighted by Gasteiger charge is 2.66. The molecule has 0 saturated carbocycles. The molecule has 4 N–H and O–H groups in total. The van der Waals surface area contributed by atoms with E-state index >= 15 is 4.11 Å². The van der Waals surface area contributed by atoms with Crippen molar-refractivity contribution in [1.82, 2.24) is 15.0 Å². The zero-order valence-electron chi connectivity index (χ0n) is 27.5. The number of aliphatic hydroxyl groups excluding tert-OH is 1. The Bertz CT molecular complexity index is 1810. The highest BCUT2D eigenvalue weighted by molar-refractivity contribution is 6.72. The number of carbonyl (C=O) groups excluding carboxylic acids is 2. The molecule has 6 rings (SSSR count). The molecule has 3 aromatic carbocycles. The number of hydrogen-bond acceptors (Lipinski definition) is 8. The molecular weight excluding hydrogens is 632 g/mol. The maximum atomic E-state index is 16.3. The van der Waals surface area contributed by atoms with Crippen molar-refractivity contribution in [3.05, 3.63) is 95.3 Å². The molecule has 1 saturated heterocycles. The number of hydrogen-bond donors (Lipinski definition) is 3. The average Bonchev–Trinajstić information content (AvgIpc) is 3.70. The van der Waals surface area contributed by atoms with Crippen LogP contribution in [0.25, 0.3) is 0 Å². The lowest BCUT2D eigenvalue weighted by Crippen LogP contribution is -2.45. The van der Waals surface area contributed by atoms with Crippen LogP contribution in [0, 0.1) is 5.92 Å². The molecule has 4 aromatic rings. The van der Waals surface area contributed by atoms with Crippen LogP contribution < -0.4 is 20.7 Å². The Morgan fingerprint density at radius 2 is 1.94 bits per heavy atom. The standard InChI is InChI=1S/C35H41FN6O5Si/c1-22-32(48(3,4)36)31(14-16-41-21-27(15-17-43)39-40-41)47-35(22)29-19-28(46-2)12-13-30(29)42(34(35)45)20-23-6-5-7-26(18-23)38-33(44)24-8-10-25(37)11-9-24/h5-13,18-19,21-22,31-32,43H,14-17,20,37H2,1-4H3,(H,38,44)/t22-,31+,32-,35+/m0/s1. The Hall–Kier alpha value is -4.59. The molecule has 2 aliphatic rings. The lowest BCUT2D eigenvalue weighted by atomic mass is 9.82. The normalized spacial score (nSPS) is 21.9. The van der Waals surface area contributed by atoms with Gasteiger partial charge in [-0.2, -0.15) is 0 Å². The molecule has 252 valence electrons. The maximum absolute atomic E-state index is 16.3. The molecule has 48 heavy (non-hydrogen) atoms. The van der Waals surface area contributed by atoms with Crippen molar-refractivity contribution >= 4 is 37.3 Å². The van der Waals surface area contributed by atoms with Crippen molar-refractivity contribution < 1.29 is 28.3 Å². The number of nitrogens with two attached hydrogens (primary N) is 1. The molecular formula is C35H41FN6O5Si. The van der Waals surface area contributed by atoms with E-state index in [-0.39, 0.29) is 25.0 Å². The molecule has 0 radical (unpaired) electrons. The Morgan fingerprint density at radius 3 is 2.65 bits per heavy atom. The minimum atomic E-state index is -3.37. The van der Waals surface area contributed by atoms with Gasteiger partial charge < -0.3 is 34.6 Å². The molecule has 11 nitrogen and oxygen atoms in total. The van der Waals surface area contributed by atoms with Gasteiger partial charge >= 0.3 is 0 Å². The number of anilines is 3. The quantitative estimate of drug-likeness (QED) is 0.114. The minimum absolute atomic E-state index is 0.0296. The summed E-state index contributed by atoms with van der Waals surface area (Å²) in [5.74, 6) is -0.434. The summed E-state index contributed by atoms with van der Waals surface area (Å²) in [6.45, 7) is 5.87. The summed E-state index contributed by atoms with van der Waals surface area (Å²) < 4.78 is 30.4. The minimum Gasteiger partial charge on any atom is -0.497 e. The molecule has 0 unspecified atom stereocenters. The predicted molar refractivity (Wildman–Crippen MR) is 183 cm³/mol. The predicted octanol–water partition coefficient (Wildman–Crippen LogP) is 5.07. The highest BCUT2D eigenvalue weighted by Crippen LogP contribution is 2.60. The Morgan fingerprint density at radius 1 is 1.17 bits per heavy atom. The Kier molecular flexibility index (Phi) is 9.11. The van der Waals surface area contributed by atoms with E-state index in [1.165, 1.54) is 0 Å². The van der Waals surface area contributed by atoms with Crippen LogP contribution in [-0.4, -0.2) is 60.1 Å². The SMILES string of the molecule is COc1ccc2c(c1)[C@@]1(O[C@H](CCn3cc(CCO)nn3)[C@@H]([Si](C)(C)F)[C@@H]1C)C(=O)N2Cc1cccc(NC(=O)c2ccc(N)cc2)c1. The fourth-order valence-electron chi connectivity index (χ4n) is 7.28. The van der Waals surface area contributed by atoms with E-state index in [1.807, 2.05) is 37.3 Å². The molecule has 2 aliphatic heterocycles. The van der Waals surface area contributed by atoms with Crippen LogP contribution >= 0.6 is 0 Å². The number of carbonyl (C=O) groups is 2. The lowest BCUT2D eigenvalue weighted by molar-refractivity contribution is -0.146. The highest BCUT2D eigenvalue weighted by atomic mass is 28.4. The van der Waals surface area contributed by atoms with Crippen molar-refractivity contribution in [3.63, 3.8) is 0 Å². The average molecular weight is 673 g/mol. The third kappa shape index (κ3) is 6.20. The van der Waals surface area contributed by atoms with Crippen molar-refractivity contribution in [2.24, 2.45) is 5.92 Å². The van der Waals surface area contributed by atoms with E-state index < -0.39 is 31.6 Å². The second-order valence-electron chi connectivity index (χ2n) is 13.1. The van der Waals surface area contributed by atoms with E-state index in [2.05, 4.69) is 15.6 Å². The monoisotopic (exact) mass is 672 g/mol. The van der Waals surface area contributed by atoms with Gasteiger partial charge in [-0.3, -0.25) is 14.3 Å². The smallest absolute Gasteiger partial charge is 0.264 e. The van der Waals surface area contributed by atoms with E-state index in [9.17, 15) is 14.7 Å². The largest absolute Gasteiger partial charge is 0.497 e. The molecule has 1 aromatic heterocycles. The maximum Gasteiger partial charge on any atom is 0.264 e. The van der Waals surface area contributed by atoms with Crippen molar-refractivity contribution in [3.8, 4) is 5.75 Å². The van der Waals surface area contributed by atoms with E-state index in [1.54, 1.807) is 72.4 Å². The molecule has 0 aliphatic carbocycles. The summed E-state index contributed by atoms with van der Waals surface area (Å²) in [4.78, 5) is 29.3. The van der Waals surface area contributed by atoms with Crippen LogP contribution in [0.4, 0.5) is 21.2 Å². The second-order valence-corrected chi connectivity index (χ2v) is 16.9. The number of nitrogens with zero attached hydrogens (tertiary/aromatic N) is 4. The van der Waals surface area contributed by atoms with Gasteiger partial charge in [0.05, 0.1) is 31.1 Å². The molecule has 2 amide bonds. The number of aliphatic hydroxyl groups is 1. The van der Waals surface area contributed by atoms with Crippen LogP contribution in [-0.2, 0) is 34.6 Å². The fourth-order valence-corrected chi connectivity index (χ4v) is 9.83. The molecule has 13 heteroatoms. The molecule has 4 atom stereocenters. The summed E-state index contributed by atoms with van der Waals surface area (Å²) in [6, 6.07) is 19.5. The van der Waals surface area contributed by atoms with Gasteiger partial charge in [-0.1, -0.05) is 24.3 Å². The van der Waals surface area contributed by atoms with Crippen LogP contribution in [0.3, 0.4) is 0 Å². The zero-order valence-corrected chi connectivity index (χ0v) is 28.5. The molecule has 3 heterocycles. The van der Waals surface area contributed by atoms with Gasteiger partial charge in [0.2, 0.25) is 8.41 Å². The van der Waals surface area contributed by atoms with Gasteiger partial charge in [0.1, 0.15) is 5.75 Å².